The molecule has 0 saturated carbocycles. The maximum atomic E-state index is 12.4. The third kappa shape index (κ3) is 5.01. The number of hydrogen-bond acceptors (Lipinski definition) is 1. The lowest BCUT2D eigenvalue weighted by molar-refractivity contribution is -0.284. The summed E-state index contributed by atoms with van der Waals surface area (Å²) in [6.07, 6.45) is -5.55. The van der Waals surface area contributed by atoms with Crippen molar-refractivity contribution in [2.45, 2.75) is 31.9 Å². The van der Waals surface area contributed by atoms with Crippen molar-refractivity contribution >= 4 is 10.3 Å². The lowest BCUT2D eigenvalue weighted by Crippen LogP contribution is -2.36. The van der Waals surface area contributed by atoms with E-state index < -0.39 is 28.8 Å². The minimum atomic E-state index is -5.49. The van der Waals surface area contributed by atoms with Crippen LogP contribution in [0.1, 0.15) is 19.8 Å². The Morgan fingerprint density at radius 3 is 1.93 bits per heavy atom. The fourth-order valence-electron chi connectivity index (χ4n) is 0.891. The van der Waals surface area contributed by atoms with Gasteiger partial charge in [-0.3, -0.25) is 0 Å². The van der Waals surface area contributed by atoms with Crippen molar-refractivity contribution in [3.8, 4) is 0 Å². The molecule has 0 rings (SSSR count). The van der Waals surface area contributed by atoms with Crippen molar-refractivity contribution in [2.24, 2.45) is 0 Å². The van der Waals surface area contributed by atoms with Crippen molar-refractivity contribution in [2.75, 3.05) is 17.8 Å². The third-order valence-electron chi connectivity index (χ3n) is 2.11. The molecule has 0 spiro atoms. The van der Waals surface area contributed by atoms with Crippen LogP contribution in [0.5, 0.6) is 0 Å². The summed E-state index contributed by atoms with van der Waals surface area (Å²) in [4.78, 5) is 0. The van der Waals surface area contributed by atoms with E-state index >= 15 is 0 Å². The molecule has 0 amide bonds. The van der Waals surface area contributed by atoms with Crippen LogP contribution in [0.2, 0.25) is 0 Å². The zero-order valence-electron chi connectivity index (χ0n) is 8.57. The predicted molar refractivity (Wildman–Crippen MR) is 51.8 cm³/mol. The van der Waals surface area contributed by atoms with Gasteiger partial charge < -0.3 is 4.55 Å². The van der Waals surface area contributed by atoms with Gasteiger partial charge in [0.25, 0.3) is 0 Å². The Labute approximate surface area is 87.2 Å². The zero-order valence-corrected chi connectivity index (χ0v) is 9.39. The number of hydrogen-bond donors (Lipinski definition) is 1. The van der Waals surface area contributed by atoms with E-state index in [1.54, 1.807) is 6.92 Å². The van der Waals surface area contributed by atoms with E-state index in [0.717, 1.165) is 0 Å². The van der Waals surface area contributed by atoms with Gasteiger partial charge in [-0.1, -0.05) is 6.92 Å². The Hall–Kier alpha value is -0.0400. The molecule has 0 aromatic carbocycles. The van der Waals surface area contributed by atoms with Crippen LogP contribution in [-0.2, 0) is 0 Å². The minimum absolute atomic E-state index is 0.0230. The van der Waals surface area contributed by atoms with Gasteiger partial charge in [-0.25, -0.2) is 0 Å². The Morgan fingerprint density at radius 1 is 1.13 bits per heavy atom. The highest BCUT2D eigenvalue weighted by atomic mass is 32.3. The van der Waals surface area contributed by atoms with E-state index in [9.17, 15) is 26.5 Å². The smallest absolute Gasteiger partial charge is 0.352 e. The SMILES string of the molecule is CCS(C)(O)CCCC(F)(F)C(F)(F)F. The summed E-state index contributed by atoms with van der Waals surface area (Å²) in [7, 11) is -1.99. The van der Waals surface area contributed by atoms with Gasteiger partial charge in [0.05, 0.1) is 0 Å². The van der Waals surface area contributed by atoms with E-state index in [4.69, 9.17) is 0 Å². The number of alkyl halides is 5. The third-order valence-corrected chi connectivity index (χ3v) is 4.52. The lowest BCUT2D eigenvalue weighted by atomic mass is 10.2. The second kappa shape index (κ2) is 4.86. The molecule has 0 bridgehead atoms. The first-order valence-corrected chi connectivity index (χ1v) is 6.76. The van der Waals surface area contributed by atoms with E-state index in [1.807, 2.05) is 0 Å². The minimum Gasteiger partial charge on any atom is -0.352 e. The standard InChI is InChI=1S/C8H15F5OS/c1-3-15(2,14)6-4-5-7(9,10)8(11,12)13/h14H,3-6H2,1-2H3. The van der Waals surface area contributed by atoms with Crippen molar-refractivity contribution in [3.63, 3.8) is 0 Å². The Morgan fingerprint density at radius 2 is 1.60 bits per heavy atom. The molecular weight excluding hydrogens is 239 g/mol. The molecule has 0 heterocycles. The van der Waals surface area contributed by atoms with Crippen molar-refractivity contribution in [1.29, 1.82) is 0 Å². The van der Waals surface area contributed by atoms with Gasteiger partial charge in [0.2, 0.25) is 0 Å². The van der Waals surface area contributed by atoms with Crippen LogP contribution < -0.4 is 0 Å². The monoisotopic (exact) mass is 254 g/mol. The molecule has 0 radical (unpaired) electrons. The summed E-state index contributed by atoms with van der Waals surface area (Å²) in [6.45, 7) is 1.68. The summed E-state index contributed by atoms with van der Waals surface area (Å²) in [5.41, 5.74) is 0. The molecular formula is C8H15F5OS. The fourth-order valence-corrected chi connectivity index (χ4v) is 1.95. The van der Waals surface area contributed by atoms with E-state index in [2.05, 4.69) is 0 Å². The van der Waals surface area contributed by atoms with Crippen LogP contribution in [0.3, 0.4) is 0 Å². The summed E-state index contributed by atoms with van der Waals surface area (Å²) >= 11 is 0. The molecule has 1 atom stereocenters. The number of halogens is 5. The van der Waals surface area contributed by atoms with Gasteiger partial charge in [0.1, 0.15) is 0 Å². The van der Waals surface area contributed by atoms with Crippen LogP contribution in [0.4, 0.5) is 22.0 Å². The first-order valence-electron chi connectivity index (χ1n) is 4.42. The van der Waals surface area contributed by atoms with Crippen LogP contribution in [0.15, 0.2) is 0 Å². The zero-order chi connectivity index (χ0) is 12.3. The molecule has 0 saturated heterocycles. The van der Waals surface area contributed by atoms with Crippen molar-refractivity contribution < 1.29 is 26.5 Å². The van der Waals surface area contributed by atoms with Gasteiger partial charge in [0.15, 0.2) is 0 Å². The van der Waals surface area contributed by atoms with E-state index in [0.29, 0.717) is 5.75 Å². The molecule has 1 nitrogen and oxygen atoms in total. The number of rotatable bonds is 5. The fraction of sp³-hybridized carbons (Fsp3) is 1.00. The van der Waals surface area contributed by atoms with E-state index in [-0.39, 0.29) is 12.2 Å². The topological polar surface area (TPSA) is 20.2 Å². The molecule has 94 valence electrons. The van der Waals surface area contributed by atoms with Crippen molar-refractivity contribution in [3.05, 3.63) is 0 Å². The molecule has 0 fully saturated rings. The van der Waals surface area contributed by atoms with E-state index in [1.165, 1.54) is 6.26 Å². The quantitative estimate of drug-likeness (QED) is 0.738. The molecule has 1 N–H and O–H groups in total. The highest BCUT2D eigenvalue weighted by Crippen LogP contribution is 2.43. The summed E-state index contributed by atoms with van der Waals surface area (Å²) < 4.78 is 69.5. The summed E-state index contributed by atoms with van der Waals surface area (Å²) in [6, 6.07) is 0. The normalized spacial score (nSPS) is 19.7. The maximum Gasteiger partial charge on any atom is 0.453 e. The van der Waals surface area contributed by atoms with Gasteiger partial charge in [0, 0.05) is 6.42 Å². The average molecular weight is 254 g/mol. The predicted octanol–water partition coefficient (Wildman–Crippen LogP) is 3.89. The Bertz CT molecular complexity index is 202. The molecule has 0 aliphatic heterocycles. The van der Waals surface area contributed by atoms with Gasteiger partial charge in [-0.05, 0) is 24.2 Å². The van der Waals surface area contributed by atoms with Crippen LogP contribution >= 0.6 is 10.3 Å². The first kappa shape index (κ1) is 15.0. The summed E-state index contributed by atoms with van der Waals surface area (Å²) in [5.74, 6) is -4.21. The Kier molecular flexibility index (Phi) is 4.85. The molecule has 1 unspecified atom stereocenters. The molecule has 15 heavy (non-hydrogen) atoms. The van der Waals surface area contributed by atoms with Crippen LogP contribution in [0, 0.1) is 0 Å². The maximum absolute atomic E-state index is 12.4. The van der Waals surface area contributed by atoms with Gasteiger partial charge in [-0.2, -0.15) is 22.0 Å². The molecule has 7 heteroatoms. The second-order valence-electron chi connectivity index (χ2n) is 3.52. The van der Waals surface area contributed by atoms with Gasteiger partial charge in [-0.15, -0.1) is 10.3 Å². The van der Waals surface area contributed by atoms with Crippen LogP contribution in [0.25, 0.3) is 0 Å². The first-order chi connectivity index (χ1) is 6.52. The van der Waals surface area contributed by atoms with Gasteiger partial charge >= 0.3 is 12.1 Å². The Balaban J connectivity index is 4.07. The lowest BCUT2D eigenvalue weighted by Gasteiger charge is -2.28. The molecule has 0 aliphatic carbocycles. The highest BCUT2D eigenvalue weighted by molar-refractivity contribution is 8.28. The summed E-state index contributed by atoms with van der Waals surface area (Å²) in [5, 5.41) is 0. The highest BCUT2D eigenvalue weighted by Gasteiger charge is 2.56. The molecule has 0 aromatic rings. The van der Waals surface area contributed by atoms with Crippen LogP contribution in [-0.4, -0.2) is 34.4 Å². The largest absolute Gasteiger partial charge is 0.453 e. The second-order valence-corrected chi connectivity index (χ2v) is 6.95. The average Bonchev–Trinajstić information content (AvgIpc) is 2.01. The molecule has 0 aromatic heterocycles. The van der Waals surface area contributed by atoms with Crippen molar-refractivity contribution in [1.82, 2.24) is 0 Å². The molecule has 0 aliphatic rings.